The van der Waals surface area contributed by atoms with Gasteiger partial charge in [-0.05, 0) is 51.3 Å². The Balaban J connectivity index is 1.58. The van der Waals surface area contributed by atoms with Crippen molar-refractivity contribution in [3.05, 3.63) is 46.0 Å². The molecule has 2 aliphatic rings. The number of amides is 1. The van der Waals surface area contributed by atoms with E-state index in [1.807, 2.05) is 13.0 Å². The van der Waals surface area contributed by atoms with Gasteiger partial charge in [0.1, 0.15) is 11.2 Å². The van der Waals surface area contributed by atoms with Crippen LogP contribution in [0.1, 0.15) is 41.6 Å². The average Bonchev–Trinajstić information content (AvgIpc) is 2.78. The van der Waals surface area contributed by atoms with E-state index in [2.05, 4.69) is 22.2 Å². The van der Waals surface area contributed by atoms with E-state index in [-0.39, 0.29) is 23.1 Å². The van der Waals surface area contributed by atoms with Crippen LogP contribution in [0.15, 0.2) is 29.3 Å². The zero-order valence-electron chi connectivity index (χ0n) is 14.0. The lowest BCUT2D eigenvalue weighted by Crippen LogP contribution is -2.49. The second-order valence-electron chi connectivity index (χ2n) is 7.05. The van der Waals surface area contributed by atoms with Crippen LogP contribution in [0.5, 0.6) is 0 Å². The molecule has 0 spiro atoms. The van der Waals surface area contributed by atoms with Gasteiger partial charge in [0.25, 0.3) is 11.5 Å². The van der Waals surface area contributed by atoms with Crippen molar-refractivity contribution in [3.8, 4) is 0 Å². The molecule has 126 valence electrons. The molecule has 2 aromatic rings. The van der Waals surface area contributed by atoms with Gasteiger partial charge in [0.15, 0.2) is 0 Å². The smallest absolute Gasteiger partial charge is 0.270 e. The van der Waals surface area contributed by atoms with Gasteiger partial charge in [0.2, 0.25) is 0 Å². The molecule has 2 saturated heterocycles. The van der Waals surface area contributed by atoms with Crippen LogP contribution in [0.2, 0.25) is 0 Å². The molecule has 4 heterocycles. The predicted molar refractivity (Wildman–Crippen MR) is 91.3 cm³/mol. The fraction of sp³-hybridized carbons (Fsp3) is 0.500. The summed E-state index contributed by atoms with van der Waals surface area (Å²) in [6, 6.07) is 4.93. The molecule has 6 heteroatoms. The number of rotatable bonds is 2. The normalized spacial score (nSPS) is 26.7. The van der Waals surface area contributed by atoms with Crippen LogP contribution in [-0.4, -0.2) is 45.4 Å². The molecule has 2 bridgehead atoms. The number of fused-ring (bicyclic) bond motifs is 3. The molecule has 2 fully saturated rings. The van der Waals surface area contributed by atoms with Crippen molar-refractivity contribution in [2.24, 2.45) is 0 Å². The van der Waals surface area contributed by atoms with Gasteiger partial charge in [-0.2, -0.15) is 0 Å². The van der Waals surface area contributed by atoms with Crippen LogP contribution in [-0.2, 0) is 0 Å². The molecule has 0 saturated carbocycles. The van der Waals surface area contributed by atoms with E-state index < -0.39 is 0 Å². The maximum atomic E-state index is 12.6. The van der Waals surface area contributed by atoms with Gasteiger partial charge in [-0.1, -0.05) is 6.07 Å². The fourth-order valence-electron chi connectivity index (χ4n) is 4.20. The average molecular weight is 326 g/mol. The number of nitrogens with one attached hydrogen (secondary N) is 1. The number of piperidine rings is 1. The summed E-state index contributed by atoms with van der Waals surface area (Å²) in [4.78, 5) is 31.9. The first-order valence-electron chi connectivity index (χ1n) is 8.54. The van der Waals surface area contributed by atoms with Gasteiger partial charge in [0.05, 0.1) is 0 Å². The highest BCUT2D eigenvalue weighted by Gasteiger charge is 2.39. The maximum absolute atomic E-state index is 12.6. The molecule has 24 heavy (non-hydrogen) atoms. The van der Waals surface area contributed by atoms with Crippen LogP contribution >= 0.6 is 0 Å². The Kier molecular flexibility index (Phi) is 3.64. The van der Waals surface area contributed by atoms with Crippen molar-refractivity contribution in [2.45, 2.75) is 50.7 Å². The number of carbonyl (C=O) groups is 1. The van der Waals surface area contributed by atoms with Gasteiger partial charge in [-0.3, -0.25) is 14.0 Å². The van der Waals surface area contributed by atoms with Crippen LogP contribution in [0.4, 0.5) is 0 Å². The summed E-state index contributed by atoms with van der Waals surface area (Å²) >= 11 is 0. The Bertz CT molecular complexity index is 846. The van der Waals surface area contributed by atoms with Gasteiger partial charge in [0, 0.05) is 30.5 Å². The Morgan fingerprint density at radius 2 is 2.00 bits per heavy atom. The Morgan fingerprint density at radius 1 is 1.29 bits per heavy atom. The van der Waals surface area contributed by atoms with Gasteiger partial charge in [-0.25, -0.2) is 4.98 Å². The fourth-order valence-corrected chi connectivity index (χ4v) is 4.20. The monoisotopic (exact) mass is 326 g/mol. The second-order valence-corrected chi connectivity index (χ2v) is 7.05. The summed E-state index contributed by atoms with van der Waals surface area (Å²) in [5, 5.41) is 3.06. The molecule has 1 N–H and O–H groups in total. The standard InChI is InChI=1S/C18H22N4O2/c1-11-4-3-7-22-16(11)19-10-15(18(22)24)17(23)20-12-8-13-5-6-14(9-12)21(13)2/h3-4,7,10,12-14H,5-6,8-9H2,1-2H3,(H,20,23). The minimum Gasteiger partial charge on any atom is -0.349 e. The molecule has 2 unspecified atom stereocenters. The highest BCUT2D eigenvalue weighted by Crippen LogP contribution is 2.34. The molecule has 2 aromatic heterocycles. The van der Waals surface area contributed by atoms with E-state index in [0.717, 1.165) is 18.4 Å². The highest BCUT2D eigenvalue weighted by molar-refractivity contribution is 5.94. The third-order valence-corrected chi connectivity index (χ3v) is 5.61. The van der Waals surface area contributed by atoms with E-state index in [9.17, 15) is 9.59 Å². The molecule has 2 aliphatic heterocycles. The molecular formula is C18H22N4O2. The number of hydrogen-bond acceptors (Lipinski definition) is 4. The number of pyridine rings is 1. The van der Waals surface area contributed by atoms with Crippen molar-refractivity contribution < 1.29 is 4.79 Å². The molecule has 6 nitrogen and oxygen atoms in total. The third kappa shape index (κ3) is 2.41. The highest BCUT2D eigenvalue weighted by atomic mass is 16.2. The molecule has 0 aliphatic carbocycles. The lowest BCUT2D eigenvalue weighted by Gasteiger charge is -2.36. The number of nitrogens with zero attached hydrogens (tertiary/aromatic N) is 3. The molecule has 4 rings (SSSR count). The Morgan fingerprint density at radius 3 is 2.71 bits per heavy atom. The van der Waals surface area contributed by atoms with Crippen LogP contribution < -0.4 is 10.9 Å². The van der Waals surface area contributed by atoms with Crippen LogP contribution in [0.25, 0.3) is 5.65 Å². The molecule has 1 amide bonds. The van der Waals surface area contributed by atoms with Gasteiger partial charge >= 0.3 is 0 Å². The van der Waals surface area contributed by atoms with Crippen LogP contribution in [0, 0.1) is 6.92 Å². The van der Waals surface area contributed by atoms with Crippen molar-refractivity contribution >= 4 is 11.6 Å². The maximum Gasteiger partial charge on any atom is 0.270 e. The Labute approximate surface area is 140 Å². The number of aromatic nitrogens is 2. The van der Waals surface area contributed by atoms with Gasteiger partial charge in [-0.15, -0.1) is 0 Å². The summed E-state index contributed by atoms with van der Waals surface area (Å²) in [6.45, 7) is 1.90. The third-order valence-electron chi connectivity index (χ3n) is 5.61. The zero-order chi connectivity index (χ0) is 16.8. The van der Waals surface area contributed by atoms with E-state index in [4.69, 9.17) is 0 Å². The molecule has 0 aromatic carbocycles. The molecular weight excluding hydrogens is 304 g/mol. The van der Waals surface area contributed by atoms with Crippen molar-refractivity contribution in [1.82, 2.24) is 19.6 Å². The van der Waals surface area contributed by atoms with Crippen molar-refractivity contribution in [3.63, 3.8) is 0 Å². The summed E-state index contributed by atoms with van der Waals surface area (Å²) in [7, 11) is 2.17. The summed E-state index contributed by atoms with van der Waals surface area (Å²) in [5.41, 5.74) is 1.31. The predicted octanol–water partition coefficient (Wildman–Crippen LogP) is 1.36. The quantitative estimate of drug-likeness (QED) is 0.905. The van der Waals surface area contributed by atoms with E-state index in [1.165, 1.54) is 23.4 Å². The minimum absolute atomic E-state index is 0.115. The van der Waals surface area contributed by atoms with E-state index in [0.29, 0.717) is 17.7 Å². The topological polar surface area (TPSA) is 66.7 Å². The lowest BCUT2D eigenvalue weighted by atomic mass is 9.98. The summed E-state index contributed by atoms with van der Waals surface area (Å²) < 4.78 is 1.45. The number of carbonyl (C=O) groups excluding carboxylic acids is 1. The number of aryl methyl sites for hydroxylation is 1. The zero-order valence-corrected chi connectivity index (χ0v) is 14.0. The van der Waals surface area contributed by atoms with Gasteiger partial charge < -0.3 is 10.2 Å². The van der Waals surface area contributed by atoms with Crippen molar-refractivity contribution in [2.75, 3.05) is 7.05 Å². The Hall–Kier alpha value is -2.21. The molecule has 0 radical (unpaired) electrons. The number of hydrogen-bond donors (Lipinski definition) is 1. The van der Waals surface area contributed by atoms with Crippen LogP contribution in [0.3, 0.4) is 0 Å². The second kappa shape index (κ2) is 5.70. The minimum atomic E-state index is -0.308. The largest absolute Gasteiger partial charge is 0.349 e. The van der Waals surface area contributed by atoms with E-state index in [1.54, 1.807) is 12.3 Å². The van der Waals surface area contributed by atoms with Crippen molar-refractivity contribution in [1.29, 1.82) is 0 Å². The first-order valence-corrected chi connectivity index (χ1v) is 8.54. The first kappa shape index (κ1) is 15.3. The first-order chi connectivity index (χ1) is 11.5. The summed E-state index contributed by atoms with van der Waals surface area (Å²) in [6.07, 6.45) is 7.38. The molecule has 2 atom stereocenters. The SMILES string of the molecule is Cc1cccn2c(=O)c(C(=O)NC3CC4CCC(C3)N4C)cnc12. The lowest BCUT2D eigenvalue weighted by molar-refractivity contribution is 0.0880. The van der Waals surface area contributed by atoms with E-state index >= 15 is 0 Å². The summed E-state index contributed by atoms with van der Waals surface area (Å²) in [5.74, 6) is -0.308.